The number of rotatable bonds is 5. The zero-order valence-electron chi connectivity index (χ0n) is 15.8. The number of anilines is 2. The molecule has 0 saturated carbocycles. The van der Waals surface area contributed by atoms with Crippen molar-refractivity contribution in [2.45, 2.75) is 17.7 Å². The first-order chi connectivity index (χ1) is 13.9. The van der Waals surface area contributed by atoms with Crippen LogP contribution in [0, 0.1) is 0 Å². The van der Waals surface area contributed by atoms with E-state index in [9.17, 15) is 13.2 Å². The third-order valence-corrected chi connectivity index (χ3v) is 7.57. The van der Waals surface area contributed by atoms with Gasteiger partial charge < -0.3 is 10.2 Å². The minimum absolute atomic E-state index is 0.0238. The fraction of sp³-hybridized carbons (Fsp3) is 0.286. The molecule has 1 saturated heterocycles. The van der Waals surface area contributed by atoms with Gasteiger partial charge in [0.2, 0.25) is 10.0 Å². The summed E-state index contributed by atoms with van der Waals surface area (Å²) in [5.74, 6) is -0.303. The number of halogens is 1. The Balaban J connectivity index is 1.51. The first-order valence-corrected chi connectivity index (χ1v) is 11.4. The molecule has 0 radical (unpaired) electrons. The lowest BCUT2D eigenvalue weighted by molar-refractivity contribution is 0.102. The molecule has 0 atom stereocenters. The standard InChI is InChI=1S/C21H22ClN3O3S/c22-19-10-7-17(15-20(19)29(27,28)25-13-3-4-14-25)23-21(26)16-5-8-18(9-6-16)24-11-1-2-12-24/h1-2,5-10,15H,3-4,11-14H2,(H,23,26). The normalized spacial score (nSPS) is 17.1. The summed E-state index contributed by atoms with van der Waals surface area (Å²) in [7, 11) is -3.67. The van der Waals surface area contributed by atoms with Crippen LogP contribution in [0.25, 0.3) is 0 Å². The van der Waals surface area contributed by atoms with Crippen LogP contribution in [0.3, 0.4) is 0 Å². The molecule has 0 spiro atoms. The number of carbonyl (C=O) groups excluding carboxylic acids is 1. The monoisotopic (exact) mass is 431 g/mol. The summed E-state index contributed by atoms with van der Waals surface area (Å²) in [5, 5.41) is 2.92. The quantitative estimate of drug-likeness (QED) is 0.732. The largest absolute Gasteiger partial charge is 0.364 e. The van der Waals surface area contributed by atoms with Crippen molar-refractivity contribution in [3.63, 3.8) is 0 Å². The van der Waals surface area contributed by atoms with Crippen molar-refractivity contribution in [1.82, 2.24) is 4.31 Å². The molecule has 2 aromatic carbocycles. The highest BCUT2D eigenvalue weighted by Gasteiger charge is 2.29. The minimum Gasteiger partial charge on any atom is -0.364 e. The lowest BCUT2D eigenvalue weighted by Crippen LogP contribution is -2.28. The van der Waals surface area contributed by atoms with Crippen LogP contribution in [0.4, 0.5) is 11.4 Å². The summed E-state index contributed by atoms with van der Waals surface area (Å²) in [6, 6.07) is 11.9. The molecule has 1 fully saturated rings. The highest BCUT2D eigenvalue weighted by atomic mass is 35.5. The molecule has 0 aliphatic carbocycles. The Morgan fingerprint density at radius 3 is 2.28 bits per heavy atom. The maximum Gasteiger partial charge on any atom is 0.255 e. The van der Waals surface area contributed by atoms with Crippen molar-refractivity contribution in [3.8, 4) is 0 Å². The van der Waals surface area contributed by atoms with E-state index in [0.29, 0.717) is 24.3 Å². The molecule has 29 heavy (non-hydrogen) atoms. The highest BCUT2D eigenvalue weighted by Crippen LogP contribution is 2.30. The molecule has 2 heterocycles. The lowest BCUT2D eigenvalue weighted by atomic mass is 10.1. The Morgan fingerprint density at radius 1 is 0.966 bits per heavy atom. The number of amides is 1. The Morgan fingerprint density at radius 2 is 1.62 bits per heavy atom. The topological polar surface area (TPSA) is 69.7 Å². The molecule has 0 bridgehead atoms. The lowest BCUT2D eigenvalue weighted by Gasteiger charge is -2.18. The molecule has 0 unspecified atom stereocenters. The van der Waals surface area contributed by atoms with Crippen LogP contribution in [0.1, 0.15) is 23.2 Å². The second-order valence-corrected chi connectivity index (χ2v) is 9.45. The second kappa shape index (κ2) is 8.18. The predicted octanol–water partition coefficient (Wildman–Crippen LogP) is 3.75. The number of carbonyl (C=O) groups is 1. The molecule has 1 N–H and O–H groups in total. The molecule has 1 amide bonds. The number of benzene rings is 2. The summed E-state index contributed by atoms with van der Waals surface area (Å²) in [6.45, 7) is 2.72. The third kappa shape index (κ3) is 4.17. The smallest absolute Gasteiger partial charge is 0.255 e. The number of hydrogen-bond donors (Lipinski definition) is 1. The van der Waals surface area contributed by atoms with Gasteiger partial charge in [-0.2, -0.15) is 4.31 Å². The average molecular weight is 432 g/mol. The minimum atomic E-state index is -3.67. The maximum absolute atomic E-state index is 12.8. The Hall–Kier alpha value is -2.35. The summed E-state index contributed by atoms with van der Waals surface area (Å²) < 4.78 is 27.1. The summed E-state index contributed by atoms with van der Waals surface area (Å²) in [6.07, 6.45) is 5.90. The molecule has 0 aromatic heterocycles. The van der Waals surface area contributed by atoms with E-state index in [1.165, 1.54) is 16.4 Å². The first-order valence-electron chi connectivity index (χ1n) is 9.56. The summed E-state index contributed by atoms with van der Waals surface area (Å²) in [5.41, 5.74) is 1.95. The van der Waals surface area contributed by atoms with Gasteiger partial charge in [0.1, 0.15) is 4.90 Å². The highest BCUT2D eigenvalue weighted by molar-refractivity contribution is 7.89. The number of sulfonamides is 1. The van der Waals surface area contributed by atoms with Gasteiger partial charge in [0.05, 0.1) is 5.02 Å². The first kappa shape index (κ1) is 19.9. The molecule has 8 heteroatoms. The van der Waals surface area contributed by atoms with E-state index in [-0.39, 0.29) is 15.8 Å². The van der Waals surface area contributed by atoms with Gasteiger partial charge in [-0.25, -0.2) is 8.42 Å². The Kier molecular flexibility index (Phi) is 5.63. The molecule has 4 rings (SSSR count). The zero-order valence-corrected chi connectivity index (χ0v) is 17.4. The summed E-state index contributed by atoms with van der Waals surface area (Å²) >= 11 is 6.16. The number of hydrogen-bond acceptors (Lipinski definition) is 4. The molecular formula is C21H22ClN3O3S. The molecule has 2 aliphatic heterocycles. The molecule has 152 valence electrons. The van der Waals surface area contributed by atoms with E-state index in [2.05, 4.69) is 22.4 Å². The molecule has 2 aliphatic rings. The number of nitrogens with zero attached hydrogens (tertiary/aromatic N) is 2. The van der Waals surface area contributed by atoms with Crippen molar-refractivity contribution in [1.29, 1.82) is 0 Å². The van der Waals surface area contributed by atoms with Gasteiger partial charge in [0, 0.05) is 43.1 Å². The fourth-order valence-electron chi connectivity index (χ4n) is 3.56. The van der Waals surface area contributed by atoms with E-state index in [4.69, 9.17) is 11.6 Å². The zero-order chi connectivity index (χ0) is 20.4. The van der Waals surface area contributed by atoms with E-state index >= 15 is 0 Å². The van der Waals surface area contributed by atoms with Crippen LogP contribution < -0.4 is 10.2 Å². The van der Waals surface area contributed by atoms with E-state index in [0.717, 1.165) is 31.6 Å². The van der Waals surface area contributed by atoms with E-state index in [1.807, 2.05) is 12.1 Å². The van der Waals surface area contributed by atoms with Gasteiger partial charge in [0.15, 0.2) is 0 Å². The van der Waals surface area contributed by atoms with E-state index in [1.54, 1.807) is 18.2 Å². The average Bonchev–Trinajstić information content (AvgIpc) is 3.44. The Labute approximate surface area is 175 Å². The fourth-order valence-corrected chi connectivity index (χ4v) is 5.58. The Bertz CT molecular complexity index is 1040. The van der Waals surface area contributed by atoms with Gasteiger partial charge in [-0.05, 0) is 55.3 Å². The van der Waals surface area contributed by atoms with Gasteiger partial charge in [-0.3, -0.25) is 4.79 Å². The van der Waals surface area contributed by atoms with Gasteiger partial charge >= 0.3 is 0 Å². The number of nitrogens with one attached hydrogen (secondary N) is 1. The van der Waals surface area contributed by atoms with Gasteiger partial charge in [0.25, 0.3) is 5.91 Å². The van der Waals surface area contributed by atoms with Crippen molar-refractivity contribution in [2.24, 2.45) is 0 Å². The van der Waals surface area contributed by atoms with Gasteiger partial charge in [-0.1, -0.05) is 23.8 Å². The third-order valence-electron chi connectivity index (χ3n) is 5.18. The van der Waals surface area contributed by atoms with Crippen molar-refractivity contribution in [2.75, 3.05) is 36.4 Å². The predicted molar refractivity (Wildman–Crippen MR) is 115 cm³/mol. The van der Waals surface area contributed by atoms with Crippen LogP contribution in [0.2, 0.25) is 5.02 Å². The van der Waals surface area contributed by atoms with Crippen LogP contribution in [0.15, 0.2) is 59.5 Å². The van der Waals surface area contributed by atoms with Crippen LogP contribution >= 0.6 is 11.6 Å². The van der Waals surface area contributed by atoms with Gasteiger partial charge in [-0.15, -0.1) is 0 Å². The molecular weight excluding hydrogens is 410 g/mol. The molecule has 6 nitrogen and oxygen atoms in total. The van der Waals surface area contributed by atoms with Crippen LogP contribution in [0.5, 0.6) is 0 Å². The van der Waals surface area contributed by atoms with E-state index < -0.39 is 10.0 Å². The van der Waals surface area contributed by atoms with Crippen LogP contribution in [-0.2, 0) is 10.0 Å². The van der Waals surface area contributed by atoms with Crippen molar-refractivity contribution < 1.29 is 13.2 Å². The van der Waals surface area contributed by atoms with Crippen molar-refractivity contribution in [3.05, 3.63) is 65.2 Å². The van der Waals surface area contributed by atoms with Crippen LogP contribution in [-0.4, -0.2) is 44.8 Å². The SMILES string of the molecule is O=C(Nc1ccc(Cl)c(S(=O)(=O)N2CCCC2)c1)c1ccc(N2CC=CC2)cc1. The maximum atomic E-state index is 12.8. The van der Waals surface area contributed by atoms with Crippen molar-refractivity contribution >= 4 is 38.9 Å². The molecule has 2 aromatic rings. The summed E-state index contributed by atoms with van der Waals surface area (Å²) in [4.78, 5) is 14.8. The second-order valence-electron chi connectivity index (χ2n) is 7.13.